The normalized spacial score (nSPS) is 22.6. The van der Waals surface area contributed by atoms with Gasteiger partial charge in [0.1, 0.15) is 18.5 Å². The molecule has 2 unspecified atom stereocenters. The highest BCUT2D eigenvalue weighted by Gasteiger charge is 2.52. The summed E-state index contributed by atoms with van der Waals surface area (Å²) in [6, 6.07) is 26.3. The Morgan fingerprint density at radius 2 is 1.79 bits per heavy atom. The average molecular weight is 384 g/mol. The van der Waals surface area contributed by atoms with E-state index in [2.05, 4.69) is 22.8 Å². The standard InChI is InChI=1S/C24H20N2O3/c1-3-7-17(8-4-1)15-27-19-11-12-22-21(13-19)25-23-24(18-9-5-2-6-10-18)28-16-20(29-24)14-26(22)23/h1-13,20H,14-16H2. The van der Waals surface area contributed by atoms with Crippen LogP contribution in [0.1, 0.15) is 17.0 Å². The average Bonchev–Trinajstić information content (AvgIpc) is 3.34. The van der Waals surface area contributed by atoms with E-state index in [1.807, 2.05) is 60.7 Å². The maximum Gasteiger partial charge on any atom is 0.256 e. The highest BCUT2D eigenvalue weighted by atomic mass is 16.7. The van der Waals surface area contributed by atoms with Crippen LogP contribution in [-0.2, 0) is 28.4 Å². The largest absolute Gasteiger partial charge is 0.489 e. The summed E-state index contributed by atoms with van der Waals surface area (Å²) in [5.74, 6) is 0.666. The zero-order chi connectivity index (χ0) is 19.3. The van der Waals surface area contributed by atoms with Crippen molar-refractivity contribution < 1.29 is 14.2 Å². The summed E-state index contributed by atoms with van der Waals surface area (Å²) < 4.78 is 20.7. The molecule has 4 aromatic rings. The molecule has 0 aliphatic carbocycles. The van der Waals surface area contributed by atoms with Crippen molar-refractivity contribution in [3.63, 3.8) is 0 Å². The van der Waals surface area contributed by atoms with Crippen LogP contribution in [0, 0.1) is 0 Å². The lowest BCUT2D eigenvalue weighted by atomic mass is 10.0. The summed E-state index contributed by atoms with van der Waals surface area (Å²) in [4.78, 5) is 4.93. The van der Waals surface area contributed by atoms with Crippen molar-refractivity contribution in [2.75, 3.05) is 6.61 Å². The fourth-order valence-corrected chi connectivity index (χ4v) is 4.24. The van der Waals surface area contributed by atoms with E-state index in [0.717, 1.165) is 40.3 Å². The Balaban J connectivity index is 1.39. The Bertz CT molecular complexity index is 1170. The molecule has 2 atom stereocenters. The monoisotopic (exact) mass is 384 g/mol. The number of fused-ring (bicyclic) bond motifs is 6. The van der Waals surface area contributed by atoms with Gasteiger partial charge in [-0.05, 0) is 17.7 Å². The van der Waals surface area contributed by atoms with Gasteiger partial charge >= 0.3 is 0 Å². The predicted molar refractivity (Wildman–Crippen MR) is 109 cm³/mol. The maximum absolute atomic E-state index is 6.33. The van der Waals surface area contributed by atoms with Gasteiger partial charge in [-0.3, -0.25) is 0 Å². The van der Waals surface area contributed by atoms with E-state index < -0.39 is 5.79 Å². The van der Waals surface area contributed by atoms with Gasteiger partial charge in [0, 0.05) is 11.6 Å². The van der Waals surface area contributed by atoms with Crippen molar-refractivity contribution in [1.29, 1.82) is 0 Å². The summed E-state index contributed by atoms with van der Waals surface area (Å²) in [7, 11) is 0. The van der Waals surface area contributed by atoms with Crippen molar-refractivity contribution in [1.82, 2.24) is 9.55 Å². The Hall–Kier alpha value is -3.15. The Labute approximate surface area is 168 Å². The number of hydrogen-bond donors (Lipinski definition) is 0. The Morgan fingerprint density at radius 1 is 1.00 bits per heavy atom. The minimum Gasteiger partial charge on any atom is -0.489 e. The lowest BCUT2D eigenvalue weighted by Gasteiger charge is -2.32. The van der Waals surface area contributed by atoms with Crippen LogP contribution in [-0.4, -0.2) is 22.3 Å². The van der Waals surface area contributed by atoms with Crippen LogP contribution < -0.4 is 4.74 Å². The minimum atomic E-state index is -0.936. The van der Waals surface area contributed by atoms with E-state index in [1.54, 1.807) is 0 Å². The molecule has 0 saturated carbocycles. The predicted octanol–water partition coefficient (Wildman–Crippen LogP) is 4.25. The fourth-order valence-electron chi connectivity index (χ4n) is 4.24. The minimum absolute atomic E-state index is 0.0223. The smallest absolute Gasteiger partial charge is 0.256 e. The first-order chi connectivity index (χ1) is 14.3. The van der Waals surface area contributed by atoms with Gasteiger partial charge in [-0.2, -0.15) is 0 Å². The number of aromatic nitrogens is 2. The van der Waals surface area contributed by atoms with Crippen molar-refractivity contribution in [3.05, 3.63) is 95.8 Å². The third-order valence-electron chi connectivity index (χ3n) is 5.61. The van der Waals surface area contributed by atoms with Crippen LogP contribution in [0.4, 0.5) is 0 Å². The first kappa shape index (κ1) is 16.8. The second-order valence-corrected chi connectivity index (χ2v) is 7.50. The molecule has 2 bridgehead atoms. The molecule has 0 N–H and O–H groups in total. The van der Waals surface area contributed by atoms with Gasteiger partial charge in [-0.1, -0.05) is 60.7 Å². The number of hydrogen-bond acceptors (Lipinski definition) is 4. The summed E-state index contributed by atoms with van der Waals surface area (Å²) in [6.07, 6.45) is 0.0223. The Kier molecular flexibility index (Phi) is 3.72. The molecule has 5 heteroatoms. The number of imidazole rings is 1. The van der Waals surface area contributed by atoms with Gasteiger partial charge in [0.2, 0.25) is 0 Å². The summed E-state index contributed by atoms with van der Waals surface area (Å²) in [6.45, 7) is 1.84. The van der Waals surface area contributed by atoms with Gasteiger partial charge in [0.15, 0.2) is 5.82 Å². The molecular formula is C24H20N2O3. The van der Waals surface area contributed by atoms with Crippen molar-refractivity contribution in [2.45, 2.75) is 25.0 Å². The van der Waals surface area contributed by atoms with Gasteiger partial charge in [0.05, 0.1) is 24.2 Å². The highest BCUT2D eigenvalue weighted by molar-refractivity contribution is 5.78. The van der Waals surface area contributed by atoms with Crippen molar-refractivity contribution in [2.24, 2.45) is 0 Å². The van der Waals surface area contributed by atoms with E-state index in [4.69, 9.17) is 19.2 Å². The number of ether oxygens (including phenoxy) is 3. The molecule has 1 saturated heterocycles. The van der Waals surface area contributed by atoms with Crippen LogP contribution in [0.15, 0.2) is 78.9 Å². The molecule has 3 aromatic carbocycles. The molecule has 29 heavy (non-hydrogen) atoms. The van der Waals surface area contributed by atoms with Gasteiger partial charge < -0.3 is 18.8 Å². The van der Waals surface area contributed by atoms with Crippen LogP contribution in [0.25, 0.3) is 11.0 Å². The molecule has 0 spiro atoms. The molecule has 3 heterocycles. The first-order valence-electron chi connectivity index (χ1n) is 9.87. The summed E-state index contributed by atoms with van der Waals surface area (Å²) in [5.41, 5.74) is 4.07. The molecule has 2 aliphatic heterocycles. The van der Waals surface area contributed by atoms with E-state index in [-0.39, 0.29) is 6.10 Å². The van der Waals surface area contributed by atoms with Crippen molar-refractivity contribution in [3.8, 4) is 5.75 Å². The van der Waals surface area contributed by atoms with Crippen LogP contribution >= 0.6 is 0 Å². The maximum atomic E-state index is 6.33. The van der Waals surface area contributed by atoms with E-state index in [0.29, 0.717) is 13.2 Å². The molecule has 144 valence electrons. The first-order valence-corrected chi connectivity index (χ1v) is 9.87. The van der Waals surface area contributed by atoms with Gasteiger partial charge in [-0.15, -0.1) is 0 Å². The lowest BCUT2D eigenvalue weighted by molar-refractivity contribution is -0.162. The second kappa shape index (κ2) is 6.44. The van der Waals surface area contributed by atoms with E-state index >= 15 is 0 Å². The topological polar surface area (TPSA) is 45.5 Å². The fraction of sp³-hybridized carbons (Fsp3) is 0.208. The van der Waals surface area contributed by atoms with E-state index in [9.17, 15) is 0 Å². The zero-order valence-electron chi connectivity index (χ0n) is 15.8. The molecule has 1 aromatic heterocycles. The molecule has 5 nitrogen and oxygen atoms in total. The van der Waals surface area contributed by atoms with Gasteiger partial charge in [-0.25, -0.2) is 4.98 Å². The SMILES string of the molecule is c1ccc(COc2ccc3c(c2)nc2n3CC3COC2(c2ccccc2)O3)cc1. The quantitative estimate of drug-likeness (QED) is 0.528. The Morgan fingerprint density at radius 3 is 2.62 bits per heavy atom. The van der Waals surface area contributed by atoms with Crippen molar-refractivity contribution >= 4 is 11.0 Å². The number of benzene rings is 3. The van der Waals surface area contributed by atoms with E-state index in [1.165, 1.54) is 0 Å². The summed E-state index contributed by atoms with van der Waals surface area (Å²) >= 11 is 0. The molecule has 1 fully saturated rings. The van der Waals surface area contributed by atoms with Crippen LogP contribution in [0.3, 0.4) is 0 Å². The molecule has 0 radical (unpaired) electrons. The van der Waals surface area contributed by atoms with Crippen LogP contribution in [0.2, 0.25) is 0 Å². The molecule has 6 rings (SSSR count). The molecule has 0 amide bonds. The highest BCUT2D eigenvalue weighted by Crippen LogP contribution is 2.45. The van der Waals surface area contributed by atoms with Gasteiger partial charge in [0.25, 0.3) is 5.79 Å². The lowest BCUT2D eigenvalue weighted by Crippen LogP contribution is -2.38. The number of nitrogens with zero attached hydrogens (tertiary/aromatic N) is 2. The molecule has 2 aliphatic rings. The third-order valence-corrected chi connectivity index (χ3v) is 5.61. The van der Waals surface area contributed by atoms with Crippen LogP contribution in [0.5, 0.6) is 5.75 Å². The second-order valence-electron chi connectivity index (χ2n) is 7.50. The summed E-state index contributed by atoms with van der Waals surface area (Å²) in [5, 5.41) is 0. The third kappa shape index (κ3) is 2.66. The number of rotatable bonds is 4. The molecular weight excluding hydrogens is 364 g/mol. The zero-order valence-corrected chi connectivity index (χ0v) is 15.8.